The Labute approximate surface area is 191 Å². The van der Waals surface area contributed by atoms with Crippen molar-refractivity contribution in [1.82, 2.24) is 16.0 Å². The second kappa shape index (κ2) is 14.1. The molecule has 0 aromatic heterocycles. The highest BCUT2D eigenvalue weighted by Gasteiger charge is 2.07. The molecule has 0 saturated heterocycles. The molecular formula is C25H36N4O3. The van der Waals surface area contributed by atoms with E-state index in [0.717, 1.165) is 35.4 Å². The van der Waals surface area contributed by atoms with Crippen LogP contribution in [0.4, 0.5) is 0 Å². The van der Waals surface area contributed by atoms with E-state index < -0.39 is 0 Å². The summed E-state index contributed by atoms with van der Waals surface area (Å²) in [6.45, 7) is 9.62. The van der Waals surface area contributed by atoms with E-state index in [1.54, 1.807) is 7.11 Å². The molecule has 0 radical (unpaired) electrons. The fourth-order valence-corrected chi connectivity index (χ4v) is 3.06. The quantitative estimate of drug-likeness (QED) is 0.268. The topological polar surface area (TPSA) is 84.0 Å². The van der Waals surface area contributed by atoms with Crippen molar-refractivity contribution in [3.8, 4) is 5.75 Å². The summed E-state index contributed by atoms with van der Waals surface area (Å²) in [4.78, 5) is 16.9. The zero-order valence-corrected chi connectivity index (χ0v) is 19.7. The number of carbonyl (C=O) groups excluding carboxylic acids is 1. The molecule has 0 aliphatic heterocycles. The molecule has 0 bridgehead atoms. The summed E-state index contributed by atoms with van der Waals surface area (Å²) < 4.78 is 11.0. The van der Waals surface area contributed by atoms with Crippen LogP contribution in [0.1, 0.15) is 40.4 Å². The molecule has 0 spiro atoms. The molecule has 0 fully saturated rings. The highest BCUT2D eigenvalue weighted by Crippen LogP contribution is 2.21. The first-order valence-corrected chi connectivity index (χ1v) is 11.1. The largest absolute Gasteiger partial charge is 0.493 e. The third-order valence-corrected chi connectivity index (χ3v) is 4.71. The van der Waals surface area contributed by atoms with Gasteiger partial charge in [0.25, 0.3) is 5.91 Å². The van der Waals surface area contributed by atoms with Crippen molar-refractivity contribution >= 4 is 11.9 Å². The summed E-state index contributed by atoms with van der Waals surface area (Å²) in [7, 11) is 1.69. The smallest absolute Gasteiger partial charge is 0.251 e. The standard InChI is InChI=1S/C25H36N4O3/c1-5-26-25(28-13-12-27-24(30)21-9-6-8-19(2)16-21)29-18-22-11-10-20(3)17-23(22)32-15-7-14-31-4/h6,8-11,16-17H,5,7,12-15,18H2,1-4H3,(H,27,30)(H2,26,28,29). The maximum atomic E-state index is 12.3. The van der Waals surface area contributed by atoms with Gasteiger partial charge in [0.1, 0.15) is 5.75 Å². The lowest BCUT2D eigenvalue weighted by atomic mass is 10.1. The molecule has 2 aromatic carbocycles. The molecule has 2 aromatic rings. The van der Waals surface area contributed by atoms with Crippen molar-refractivity contribution in [1.29, 1.82) is 0 Å². The number of nitrogens with zero attached hydrogens (tertiary/aromatic N) is 1. The fraction of sp³-hybridized carbons (Fsp3) is 0.440. The maximum absolute atomic E-state index is 12.3. The second-order valence-corrected chi connectivity index (χ2v) is 7.55. The third-order valence-electron chi connectivity index (χ3n) is 4.71. The van der Waals surface area contributed by atoms with Crippen LogP contribution in [0.15, 0.2) is 47.5 Å². The minimum atomic E-state index is -0.0765. The zero-order chi connectivity index (χ0) is 23.2. The van der Waals surface area contributed by atoms with E-state index in [1.807, 2.05) is 51.1 Å². The molecule has 3 N–H and O–H groups in total. The van der Waals surface area contributed by atoms with E-state index in [1.165, 1.54) is 0 Å². The van der Waals surface area contributed by atoms with Crippen molar-refractivity contribution in [3.05, 3.63) is 64.7 Å². The highest BCUT2D eigenvalue weighted by molar-refractivity contribution is 5.94. The normalized spacial score (nSPS) is 11.2. The summed E-state index contributed by atoms with van der Waals surface area (Å²) in [6.07, 6.45) is 0.839. The van der Waals surface area contributed by atoms with E-state index >= 15 is 0 Å². The van der Waals surface area contributed by atoms with Gasteiger partial charge in [0.2, 0.25) is 0 Å². The summed E-state index contributed by atoms with van der Waals surface area (Å²) in [5.41, 5.74) is 3.91. The van der Waals surface area contributed by atoms with E-state index in [0.29, 0.717) is 44.4 Å². The van der Waals surface area contributed by atoms with Crippen LogP contribution in [0.25, 0.3) is 0 Å². The van der Waals surface area contributed by atoms with Crippen molar-refractivity contribution in [2.75, 3.05) is 40.0 Å². The number of ether oxygens (including phenoxy) is 2. The minimum absolute atomic E-state index is 0.0765. The molecule has 0 aliphatic rings. The van der Waals surface area contributed by atoms with Gasteiger partial charge in [0, 0.05) is 50.9 Å². The van der Waals surface area contributed by atoms with Gasteiger partial charge in [-0.25, -0.2) is 4.99 Å². The summed E-state index contributed by atoms with van der Waals surface area (Å²) in [6, 6.07) is 13.7. The monoisotopic (exact) mass is 440 g/mol. The van der Waals surface area contributed by atoms with Crippen LogP contribution >= 0.6 is 0 Å². The first-order valence-electron chi connectivity index (χ1n) is 11.1. The van der Waals surface area contributed by atoms with E-state index in [-0.39, 0.29) is 5.91 Å². The van der Waals surface area contributed by atoms with Crippen LogP contribution in [0.2, 0.25) is 0 Å². The Balaban J connectivity index is 1.89. The Hall–Kier alpha value is -3.06. The van der Waals surface area contributed by atoms with Gasteiger partial charge in [-0.3, -0.25) is 4.79 Å². The number of methoxy groups -OCH3 is 1. The number of benzene rings is 2. The molecule has 0 saturated carbocycles. The van der Waals surface area contributed by atoms with Crippen LogP contribution in [-0.2, 0) is 11.3 Å². The fourth-order valence-electron chi connectivity index (χ4n) is 3.06. The molecule has 0 unspecified atom stereocenters. The van der Waals surface area contributed by atoms with Gasteiger partial charge in [-0.15, -0.1) is 0 Å². The van der Waals surface area contributed by atoms with Gasteiger partial charge < -0.3 is 25.4 Å². The third kappa shape index (κ3) is 8.98. The molecule has 0 atom stereocenters. The number of hydrogen-bond acceptors (Lipinski definition) is 4. The Morgan fingerprint density at radius 2 is 1.75 bits per heavy atom. The number of aryl methyl sites for hydroxylation is 2. The van der Waals surface area contributed by atoms with Crippen LogP contribution in [0.3, 0.4) is 0 Å². The Kier molecular flexibility index (Phi) is 11.1. The molecular weight excluding hydrogens is 404 g/mol. The predicted molar refractivity (Wildman–Crippen MR) is 129 cm³/mol. The van der Waals surface area contributed by atoms with Crippen LogP contribution < -0.4 is 20.7 Å². The lowest BCUT2D eigenvalue weighted by molar-refractivity contribution is 0.0954. The summed E-state index contributed by atoms with van der Waals surface area (Å²) in [5.74, 6) is 1.47. The first kappa shape index (κ1) is 25.2. The Morgan fingerprint density at radius 1 is 0.969 bits per heavy atom. The van der Waals surface area contributed by atoms with Gasteiger partial charge in [-0.1, -0.05) is 29.8 Å². The molecule has 1 amide bonds. The predicted octanol–water partition coefficient (Wildman–Crippen LogP) is 3.20. The van der Waals surface area contributed by atoms with Gasteiger partial charge in [0.15, 0.2) is 5.96 Å². The molecule has 7 nitrogen and oxygen atoms in total. The molecule has 7 heteroatoms. The molecule has 2 rings (SSSR count). The number of hydrogen-bond donors (Lipinski definition) is 3. The number of amides is 1. The first-order chi connectivity index (χ1) is 15.5. The number of carbonyl (C=O) groups is 1. The number of nitrogens with one attached hydrogen (secondary N) is 3. The van der Waals surface area contributed by atoms with E-state index in [2.05, 4.69) is 33.1 Å². The van der Waals surface area contributed by atoms with Gasteiger partial charge >= 0.3 is 0 Å². The van der Waals surface area contributed by atoms with Crippen LogP contribution in [0.5, 0.6) is 5.75 Å². The van der Waals surface area contributed by atoms with Crippen LogP contribution in [0, 0.1) is 13.8 Å². The van der Waals surface area contributed by atoms with Gasteiger partial charge in [-0.05, 0) is 44.5 Å². The minimum Gasteiger partial charge on any atom is -0.493 e. The summed E-state index contributed by atoms with van der Waals surface area (Å²) in [5, 5.41) is 9.44. The van der Waals surface area contributed by atoms with Crippen molar-refractivity contribution in [2.24, 2.45) is 4.99 Å². The molecule has 0 aliphatic carbocycles. The van der Waals surface area contributed by atoms with Gasteiger partial charge in [-0.2, -0.15) is 0 Å². The van der Waals surface area contributed by atoms with Crippen molar-refractivity contribution < 1.29 is 14.3 Å². The number of rotatable bonds is 12. The lowest BCUT2D eigenvalue weighted by Crippen LogP contribution is -2.41. The summed E-state index contributed by atoms with van der Waals surface area (Å²) >= 11 is 0. The second-order valence-electron chi connectivity index (χ2n) is 7.55. The average Bonchev–Trinajstić information content (AvgIpc) is 2.78. The van der Waals surface area contributed by atoms with Crippen molar-refractivity contribution in [3.63, 3.8) is 0 Å². The van der Waals surface area contributed by atoms with E-state index in [9.17, 15) is 4.79 Å². The Morgan fingerprint density at radius 3 is 2.50 bits per heavy atom. The molecule has 174 valence electrons. The maximum Gasteiger partial charge on any atom is 0.251 e. The molecule has 32 heavy (non-hydrogen) atoms. The lowest BCUT2D eigenvalue weighted by Gasteiger charge is -2.14. The van der Waals surface area contributed by atoms with E-state index in [4.69, 9.17) is 9.47 Å². The van der Waals surface area contributed by atoms with Crippen LogP contribution in [-0.4, -0.2) is 51.8 Å². The zero-order valence-electron chi connectivity index (χ0n) is 19.7. The average molecular weight is 441 g/mol. The number of aliphatic imine (C=N–C) groups is 1. The Bertz CT molecular complexity index is 883. The van der Waals surface area contributed by atoms with Gasteiger partial charge in [0.05, 0.1) is 13.2 Å². The van der Waals surface area contributed by atoms with Crippen molar-refractivity contribution in [2.45, 2.75) is 33.7 Å². The number of guanidine groups is 1. The molecule has 0 heterocycles. The SMILES string of the molecule is CCNC(=NCc1ccc(C)cc1OCCCOC)NCCNC(=O)c1cccc(C)c1. The highest BCUT2D eigenvalue weighted by atomic mass is 16.5.